The zero-order valence-electron chi connectivity index (χ0n) is 12.1. The van der Waals surface area contributed by atoms with Gasteiger partial charge in [0.1, 0.15) is 11.8 Å². The first kappa shape index (κ1) is 19.1. The Labute approximate surface area is 144 Å². The van der Waals surface area contributed by atoms with Crippen molar-refractivity contribution in [3.05, 3.63) is 27.7 Å². The Morgan fingerprint density at radius 3 is 2.43 bits per heavy atom. The summed E-state index contributed by atoms with van der Waals surface area (Å²) >= 11 is 19.2. The van der Waals surface area contributed by atoms with Crippen molar-refractivity contribution in [1.29, 1.82) is 5.26 Å². The van der Waals surface area contributed by atoms with Crippen molar-refractivity contribution >= 4 is 52.1 Å². The highest BCUT2D eigenvalue weighted by Gasteiger charge is 2.30. The van der Waals surface area contributed by atoms with Gasteiger partial charge in [-0.05, 0) is 24.8 Å². The molecule has 0 aliphatic rings. The van der Waals surface area contributed by atoms with Crippen LogP contribution in [0.1, 0.15) is 33.3 Å². The summed E-state index contributed by atoms with van der Waals surface area (Å²) in [6.07, 6.45) is 0. The van der Waals surface area contributed by atoms with Crippen LogP contribution < -0.4 is 4.52 Å². The first-order valence-electron chi connectivity index (χ1n) is 6.14. The number of hydrogen-bond acceptors (Lipinski definition) is 5. The maximum atomic E-state index is 8.93. The molecule has 1 rings (SSSR count). The summed E-state index contributed by atoms with van der Waals surface area (Å²) in [6.45, 7) is 8.42. The molecule has 0 N–H and O–H groups in total. The highest BCUT2D eigenvalue weighted by Crippen LogP contribution is 2.65. The van der Waals surface area contributed by atoms with E-state index in [0.717, 1.165) is 0 Å². The minimum absolute atomic E-state index is 0.117. The molecule has 0 fully saturated rings. The molecule has 1 unspecified atom stereocenters. The molecule has 8 heteroatoms. The van der Waals surface area contributed by atoms with E-state index in [-0.39, 0.29) is 9.77 Å². The smallest absolute Gasteiger partial charge is 0.298 e. The molecule has 0 spiro atoms. The number of hydrogen-bond donors (Lipinski definition) is 0. The quantitative estimate of drug-likeness (QED) is 0.580. The Hall–Kier alpha value is 0.0500. The highest BCUT2D eigenvalue weighted by molar-refractivity contribution is 8.68. The van der Waals surface area contributed by atoms with Crippen molar-refractivity contribution in [2.75, 3.05) is 6.61 Å². The number of rotatable bonds is 5. The van der Waals surface area contributed by atoms with Crippen molar-refractivity contribution in [1.82, 2.24) is 0 Å². The van der Waals surface area contributed by atoms with Crippen LogP contribution in [0.5, 0.6) is 5.75 Å². The van der Waals surface area contributed by atoms with Gasteiger partial charge >= 0.3 is 0 Å². The second-order valence-corrected chi connectivity index (χ2v) is 12.7. The van der Waals surface area contributed by atoms with Crippen LogP contribution in [0.4, 0.5) is 0 Å². The van der Waals surface area contributed by atoms with Gasteiger partial charge in [-0.2, -0.15) is 5.26 Å². The zero-order valence-corrected chi connectivity index (χ0v) is 16.2. The monoisotopic (exact) mass is 383 g/mol. The van der Waals surface area contributed by atoms with E-state index in [1.165, 1.54) is 23.5 Å². The van der Waals surface area contributed by atoms with Crippen molar-refractivity contribution in [3.8, 4) is 11.8 Å². The molecular formula is C13H16Cl2NO2PS2. The lowest BCUT2D eigenvalue weighted by molar-refractivity contribution is 0.344. The van der Waals surface area contributed by atoms with Gasteiger partial charge in [-0.15, -0.1) is 0 Å². The fourth-order valence-corrected chi connectivity index (χ4v) is 8.75. The number of benzene rings is 1. The third-order valence-corrected chi connectivity index (χ3v) is 8.46. The van der Waals surface area contributed by atoms with Crippen LogP contribution in [0.15, 0.2) is 12.1 Å². The number of halogens is 2. The van der Waals surface area contributed by atoms with E-state index in [9.17, 15) is 0 Å². The molecule has 21 heavy (non-hydrogen) atoms. The molecule has 0 radical (unpaired) electrons. The lowest BCUT2D eigenvalue weighted by atomic mass is 10.2. The molecule has 0 saturated carbocycles. The molecule has 0 aromatic heterocycles. The summed E-state index contributed by atoms with van der Waals surface area (Å²) in [7, 11) is 0. The summed E-state index contributed by atoms with van der Waals surface area (Å²) in [5.41, 5.74) is -2.32. The highest BCUT2D eigenvalue weighted by atomic mass is 35.5. The molecule has 0 amide bonds. The van der Waals surface area contributed by atoms with E-state index in [0.29, 0.717) is 22.9 Å². The van der Waals surface area contributed by atoms with E-state index in [4.69, 9.17) is 49.3 Å². The van der Waals surface area contributed by atoms with Gasteiger partial charge in [-0.1, -0.05) is 55.4 Å². The van der Waals surface area contributed by atoms with Crippen molar-refractivity contribution in [3.63, 3.8) is 0 Å². The first-order valence-corrected chi connectivity index (χ1v) is 11.0. The van der Waals surface area contributed by atoms with Gasteiger partial charge in [0, 0.05) is 10.8 Å². The maximum absolute atomic E-state index is 8.93. The van der Waals surface area contributed by atoms with Crippen LogP contribution in [0, 0.1) is 11.3 Å². The summed E-state index contributed by atoms with van der Waals surface area (Å²) in [4.78, 5) is 0. The molecule has 1 atom stereocenters. The van der Waals surface area contributed by atoms with E-state index >= 15 is 0 Å². The predicted octanol–water partition coefficient (Wildman–Crippen LogP) is 6.04. The SMILES string of the molecule is CCOP(=S)(Oc1cc(Cl)c(C#N)cc1Cl)SC(C)(C)C. The van der Waals surface area contributed by atoms with Crippen LogP contribution in [0.3, 0.4) is 0 Å². The lowest BCUT2D eigenvalue weighted by Crippen LogP contribution is -2.09. The van der Waals surface area contributed by atoms with Gasteiger partial charge in [0.25, 0.3) is 5.69 Å². The molecule has 1 aromatic carbocycles. The molecular weight excluding hydrogens is 368 g/mol. The molecule has 0 bridgehead atoms. The van der Waals surface area contributed by atoms with E-state index in [1.807, 2.05) is 33.8 Å². The fraction of sp³-hybridized carbons (Fsp3) is 0.462. The van der Waals surface area contributed by atoms with Crippen molar-refractivity contribution in [2.24, 2.45) is 0 Å². The Balaban J connectivity index is 3.14. The van der Waals surface area contributed by atoms with Gasteiger partial charge < -0.3 is 9.05 Å². The minimum Gasteiger partial charge on any atom is -0.435 e. The third kappa shape index (κ3) is 5.98. The maximum Gasteiger partial charge on any atom is 0.298 e. The third-order valence-electron chi connectivity index (χ3n) is 2.03. The molecule has 1 aromatic rings. The van der Waals surface area contributed by atoms with Crippen LogP contribution in [-0.2, 0) is 16.3 Å². The first-order chi connectivity index (χ1) is 9.60. The summed E-state index contributed by atoms with van der Waals surface area (Å²) < 4.78 is 11.4. The van der Waals surface area contributed by atoms with Gasteiger partial charge in [0.05, 0.1) is 22.2 Å². The second kappa shape index (κ2) is 7.55. The topological polar surface area (TPSA) is 42.2 Å². The second-order valence-electron chi connectivity index (χ2n) is 5.03. The minimum atomic E-state index is -2.61. The summed E-state index contributed by atoms with van der Waals surface area (Å²) in [5, 5.41) is 9.49. The fourth-order valence-electron chi connectivity index (χ4n) is 1.37. The standard InChI is InChI=1S/C13H16Cl2NO2PS2/c1-5-17-19(20,21-13(2,3)4)18-12-7-10(14)9(8-16)6-11(12)15/h6-7H,5H2,1-4H3. The molecule has 3 nitrogen and oxygen atoms in total. The van der Waals surface area contributed by atoms with E-state index in [1.54, 1.807) is 0 Å². The van der Waals surface area contributed by atoms with Crippen LogP contribution in [0.2, 0.25) is 10.0 Å². The number of nitrogens with zero attached hydrogens (tertiary/aromatic N) is 1. The van der Waals surface area contributed by atoms with E-state index in [2.05, 4.69) is 0 Å². The van der Waals surface area contributed by atoms with Gasteiger partial charge in [-0.3, -0.25) is 0 Å². The van der Waals surface area contributed by atoms with Gasteiger partial charge in [-0.25, -0.2) is 0 Å². The van der Waals surface area contributed by atoms with Crippen LogP contribution in [-0.4, -0.2) is 11.4 Å². The van der Waals surface area contributed by atoms with Gasteiger partial charge in [0.15, 0.2) is 0 Å². The average molecular weight is 384 g/mol. The van der Waals surface area contributed by atoms with E-state index < -0.39 is 5.69 Å². The molecule has 0 aliphatic carbocycles. The van der Waals surface area contributed by atoms with Gasteiger partial charge in [0.2, 0.25) is 0 Å². The Morgan fingerprint density at radius 2 is 1.95 bits per heavy atom. The normalized spacial score (nSPS) is 14.3. The Bertz CT molecular complexity index is 611. The summed E-state index contributed by atoms with van der Waals surface area (Å²) in [6, 6.07) is 4.93. The van der Waals surface area contributed by atoms with Crippen LogP contribution >= 0.6 is 40.3 Å². The Kier molecular flexibility index (Phi) is 6.86. The average Bonchev–Trinajstić information content (AvgIpc) is 2.31. The largest absolute Gasteiger partial charge is 0.435 e. The molecule has 0 saturated heterocycles. The summed E-state index contributed by atoms with van der Waals surface area (Å²) in [5.74, 6) is 0.342. The molecule has 0 aliphatic heterocycles. The zero-order chi connectivity index (χ0) is 16.3. The van der Waals surface area contributed by atoms with Crippen molar-refractivity contribution in [2.45, 2.75) is 32.4 Å². The lowest BCUT2D eigenvalue weighted by Gasteiger charge is -2.28. The molecule has 0 heterocycles. The number of nitriles is 1. The Morgan fingerprint density at radius 1 is 1.33 bits per heavy atom. The predicted molar refractivity (Wildman–Crippen MR) is 95.1 cm³/mol. The molecule has 116 valence electrons. The van der Waals surface area contributed by atoms with Crippen LogP contribution in [0.25, 0.3) is 0 Å². The van der Waals surface area contributed by atoms with Crippen molar-refractivity contribution < 1.29 is 9.05 Å².